The molecule has 1 aliphatic rings. The summed E-state index contributed by atoms with van der Waals surface area (Å²) in [6, 6.07) is 10.8. The highest BCUT2D eigenvalue weighted by molar-refractivity contribution is 7.16. The summed E-state index contributed by atoms with van der Waals surface area (Å²) in [6.07, 6.45) is 1.34. The van der Waals surface area contributed by atoms with Gasteiger partial charge in [0.05, 0.1) is 15.9 Å². The number of amides is 3. The van der Waals surface area contributed by atoms with Gasteiger partial charge < -0.3 is 4.57 Å². The van der Waals surface area contributed by atoms with Crippen LogP contribution in [-0.2, 0) is 16.1 Å². The van der Waals surface area contributed by atoms with Gasteiger partial charge in [-0.15, -0.1) is 0 Å². The molecular formula is C23H23N3O3S. The third-order valence-corrected chi connectivity index (χ3v) is 6.39. The fraction of sp³-hybridized carbons (Fsp3) is 0.304. The lowest BCUT2D eigenvalue weighted by atomic mass is 10.1. The minimum absolute atomic E-state index is 0.207. The Balaban J connectivity index is 1.78. The van der Waals surface area contributed by atoms with E-state index >= 15 is 0 Å². The molecule has 0 bridgehead atoms. The number of nitrogens with zero attached hydrogens (tertiary/aromatic N) is 3. The molecule has 154 valence electrons. The fourth-order valence-electron chi connectivity index (χ4n) is 3.83. The number of hydrogen-bond donors (Lipinski definition) is 0. The molecule has 3 aromatic rings. The van der Waals surface area contributed by atoms with E-state index in [0.717, 1.165) is 28.1 Å². The van der Waals surface area contributed by atoms with Crippen molar-refractivity contribution in [3.05, 3.63) is 57.9 Å². The zero-order chi connectivity index (χ0) is 21.4. The average Bonchev–Trinajstić information content (AvgIpc) is 3.22. The van der Waals surface area contributed by atoms with Crippen molar-refractivity contribution >= 4 is 45.0 Å². The van der Waals surface area contributed by atoms with Gasteiger partial charge >= 0.3 is 0 Å². The lowest BCUT2D eigenvalue weighted by molar-refractivity contribution is -0.121. The first-order chi connectivity index (χ1) is 14.4. The maximum Gasteiger partial charge on any atom is 0.279 e. The highest BCUT2D eigenvalue weighted by Gasteiger charge is 2.30. The summed E-state index contributed by atoms with van der Waals surface area (Å²) in [5, 5.41) is 0. The molecule has 0 N–H and O–H groups in total. The first-order valence-electron chi connectivity index (χ1n) is 10.0. The summed E-state index contributed by atoms with van der Waals surface area (Å²) in [7, 11) is 0. The van der Waals surface area contributed by atoms with Crippen LogP contribution in [0.1, 0.15) is 47.7 Å². The third kappa shape index (κ3) is 3.61. The van der Waals surface area contributed by atoms with Crippen molar-refractivity contribution in [3.63, 3.8) is 0 Å². The van der Waals surface area contributed by atoms with Crippen LogP contribution in [0.3, 0.4) is 0 Å². The van der Waals surface area contributed by atoms with Crippen LogP contribution in [0.2, 0.25) is 0 Å². The number of aryl methyl sites for hydroxylation is 3. The molecule has 4 rings (SSSR count). The Labute approximate surface area is 178 Å². The van der Waals surface area contributed by atoms with E-state index < -0.39 is 0 Å². The number of anilines is 1. The van der Waals surface area contributed by atoms with Gasteiger partial charge in [-0.25, -0.2) is 0 Å². The number of imide groups is 1. The molecule has 0 unspecified atom stereocenters. The first-order valence-corrected chi connectivity index (χ1v) is 10.9. The SMILES string of the molecule is CCCn1c(=NC(=O)c2cccc(N3C(=O)CCC3=O)c2)sc2c(C)cc(C)cc21. The molecule has 1 aromatic heterocycles. The molecule has 0 spiro atoms. The first kappa shape index (κ1) is 20.2. The fourth-order valence-corrected chi connectivity index (χ4v) is 4.94. The summed E-state index contributed by atoms with van der Waals surface area (Å²) in [5.41, 5.74) is 4.21. The highest BCUT2D eigenvalue weighted by Crippen LogP contribution is 2.25. The van der Waals surface area contributed by atoms with Gasteiger partial charge in [-0.05, 0) is 55.7 Å². The van der Waals surface area contributed by atoms with E-state index in [4.69, 9.17) is 0 Å². The van der Waals surface area contributed by atoms with E-state index in [1.807, 2.05) is 0 Å². The number of fused-ring (bicyclic) bond motifs is 1. The molecular weight excluding hydrogens is 398 g/mol. The summed E-state index contributed by atoms with van der Waals surface area (Å²) < 4.78 is 3.22. The minimum Gasteiger partial charge on any atom is -0.316 e. The normalized spacial score (nSPS) is 14.9. The van der Waals surface area contributed by atoms with E-state index in [0.29, 0.717) is 16.1 Å². The Morgan fingerprint density at radius 3 is 2.53 bits per heavy atom. The maximum absolute atomic E-state index is 13.0. The average molecular weight is 422 g/mol. The summed E-state index contributed by atoms with van der Waals surface area (Å²) >= 11 is 1.51. The van der Waals surface area contributed by atoms with E-state index in [1.165, 1.54) is 22.5 Å². The van der Waals surface area contributed by atoms with Gasteiger partial charge in [0.25, 0.3) is 5.91 Å². The molecule has 1 aliphatic heterocycles. The van der Waals surface area contributed by atoms with Crippen molar-refractivity contribution in [3.8, 4) is 0 Å². The smallest absolute Gasteiger partial charge is 0.279 e. The number of thiazole rings is 1. The van der Waals surface area contributed by atoms with Crippen LogP contribution < -0.4 is 9.70 Å². The second-order valence-electron chi connectivity index (χ2n) is 7.56. The number of carbonyl (C=O) groups excluding carboxylic acids is 3. The molecule has 0 radical (unpaired) electrons. The van der Waals surface area contributed by atoms with Crippen molar-refractivity contribution in [2.75, 3.05) is 4.90 Å². The van der Waals surface area contributed by atoms with Crippen molar-refractivity contribution in [1.29, 1.82) is 0 Å². The summed E-state index contributed by atoms with van der Waals surface area (Å²) in [5.74, 6) is -0.864. The topological polar surface area (TPSA) is 71.7 Å². The lowest BCUT2D eigenvalue weighted by Gasteiger charge is -2.14. The van der Waals surface area contributed by atoms with E-state index in [2.05, 4.69) is 42.5 Å². The third-order valence-electron chi connectivity index (χ3n) is 5.16. The van der Waals surface area contributed by atoms with Crippen molar-refractivity contribution < 1.29 is 14.4 Å². The van der Waals surface area contributed by atoms with Crippen LogP contribution in [0.15, 0.2) is 41.4 Å². The van der Waals surface area contributed by atoms with Gasteiger partial charge in [-0.1, -0.05) is 30.4 Å². The molecule has 0 saturated carbocycles. The second kappa shape index (κ2) is 7.99. The Bertz CT molecular complexity index is 1240. The van der Waals surface area contributed by atoms with E-state index in [1.54, 1.807) is 24.3 Å². The van der Waals surface area contributed by atoms with Crippen molar-refractivity contribution in [2.45, 2.75) is 46.6 Å². The summed E-state index contributed by atoms with van der Waals surface area (Å²) in [4.78, 5) is 43.2. The van der Waals surface area contributed by atoms with Gasteiger partial charge in [0, 0.05) is 24.9 Å². The predicted octanol–water partition coefficient (Wildman–Crippen LogP) is 4.12. The molecule has 0 aliphatic carbocycles. The molecule has 6 nitrogen and oxygen atoms in total. The molecule has 1 saturated heterocycles. The number of rotatable bonds is 4. The van der Waals surface area contributed by atoms with E-state index in [9.17, 15) is 14.4 Å². The largest absolute Gasteiger partial charge is 0.316 e. The zero-order valence-electron chi connectivity index (χ0n) is 17.3. The Kier molecular flexibility index (Phi) is 5.39. The second-order valence-corrected chi connectivity index (χ2v) is 8.53. The van der Waals surface area contributed by atoms with E-state index in [-0.39, 0.29) is 30.6 Å². The predicted molar refractivity (Wildman–Crippen MR) is 118 cm³/mol. The van der Waals surface area contributed by atoms with Gasteiger partial charge in [0.2, 0.25) is 11.8 Å². The number of aromatic nitrogens is 1. The van der Waals surface area contributed by atoms with Gasteiger partial charge in [-0.2, -0.15) is 4.99 Å². The maximum atomic E-state index is 13.0. The molecule has 0 atom stereocenters. The van der Waals surface area contributed by atoms with Crippen LogP contribution >= 0.6 is 11.3 Å². The Morgan fingerprint density at radius 2 is 1.83 bits per heavy atom. The molecule has 7 heteroatoms. The summed E-state index contributed by atoms with van der Waals surface area (Å²) in [6.45, 7) is 7.00. The molecule has 30 heavy (non-hydrogen) atoms. The Hall–Kier alpha value is -3.06. The molecule has 2 aromatic carbocycles. The minimum atomic E-state index is -0.387. The van der Waals surface area contributed by atoms with Crippen LogP contribution in [0, 0.1) is 13.8 Å². The zero-order valence-corrected chi connectivity index (χ0v) is 18.1. The van der Waals surface area contributed by atoms with Crippen LogP contribution in [-0.4, -0.2) is 22.3 Å². The molecule has 2 heterocycles. The Morgan fingerprint density at radius 1 is 1.10 bits per heavy atom. The van der Waals surface area contributed by atoms with Crippen molar-refractivity contribution in [2.24, 2.45) is 4.99 Å². The molecule has 1 fully saturated rings. The van der Waals surface area contributed by atoms with Crippen molar-refractivity contribution in [1.82, 2.24) is 4.57 Å². The van der Waals surface area contributed by atoms with Gasteiger partial charge in [-0.3, -0.25) is 19.3 Å². The van der Waals surface area contributed by atoms with Crippen LogP contribution in [0.5, 0.6) is 0 Å². The monoisotopic (exact) mass is 421 g/mol. The van der Waals surface area contributed by atoms with Gasteiger partial charge in [0.15, 0.2) is 4.80 Å². The van der Waals surface area contributed by atoms with Crippen LogP contribution in [0.25, 0.3) is 10.2 Å². The number of carbonyl (C=O) groups is 3. The highest BCUT2D eigenvalue weighted by atomic mass is 32.1. The quantitative estimate of drug-likeness (QED) is 0.595. The van der Waals surface area contributed by atoms with Crippen LogP contribution in [0.4, 0.5) is 5.69 Å². The lowest BCUT2D eigenvalue weighted by Crippen LogP contribution is -2.28. The number of hydrogen-bond acceptors (Lipinski definition) is 4. The molecule has 3 amide bonds. The number of benzene rings is 2. The van der Waals surface area contributed by atoms with Gasteiger partial charge in [0.1, 0.15) is 0 Å². The standard InChI is InChI=1S/C23H23N3O3S/c1-4-10-25-18-12-14(2)11-15(3)21(18)30-23(25)24-22(29)16-6-5-7-17(13-16)26-19(27)8-9-20(26)28/h5-7,11-13H,4,8-10H2,1-3H3.